The lowest BCUT2D eigenvalue weighted by atomic mass is 10.2. The molecule has 0 heterocycles. The molecule has 86 valence electrons. The Balaban J connectivity index is 2.87. The number of anilines is 1. The molecular formula is C11H13FN2O2. The summed E-state index contributed by atoms with van der Waals surface area (Å²) in [6.45, 7) is 4.34. The Morgan fingerprint density at radius 2 is 2.25 bits per heavy atom. The number of nitrogens with zero attached hydrogens (tertiary/aromatic N) is 1. The summed E-state index contributed by atoms with van der Waals surface area (Å²) < 4.78 is 12.8. The summed E-state index contributed by atoms with van der Waals surface area (Å²) in [5, 5.41) is 13.5. The van der Waals surface area contributed by atoms with Gasteiger partial charge in [0.1, 0.15) is 11.5 Å². The topological polar surface area (TPSA) is 55.2 Å². The predicted octanol–water partition coefficient (Wildman–Crippen LogP) is 3.11. The minimum Gasteiger partial charge on any atom is -0.376 e. The Morgan fingerprint density at radius 3 is 2.81 bits per heavy atom. The highest BCUT2D eigenvalue weighted by molar-refractivity contribution is 5.61. The van der Waals surface area contributed by atoms with E-state index in [-0.39, 0.29) is 5.69 Å². The fourth-order valence-electron chi connectivity index (χ4n) is 1.17. The standard InChI is InChI=1S/C11H13FN2O2/c1-8(2)5-6-13-10-4-3-9(12)7-11(10)14(15)16/h3-5,7,13H,6H2,1-2H3. The van der Waals surface area contributed by atoms with E-state index in [1.54, 1.807) is 0 Å². The lowest BCUT2D eigenvalue weighted by Crippen LogP contribution is -2.02. The van der Waals surface area contributed by atoms with Gasteiger partial charge in [-0.15, -0.1) is 0 Å². The van der Waals surface area contributed by atoms with Gasteiger partial charge in [0.2, 0.25) is 0 Å². The van der Waals surface area contributed by atoms with Gasteiger partial charge in [-0.2, -0.15) is 0 Å². The van der Waals surface area contributed by atoms with Crippen molar-refractivity contribution < 1.29 is 9.31 Å². The zero-order valence-corrected chi connectivity index (χ0v) is 9.16. The largest absolute Gasteiger partial charge is 0.376 e. The van der Waals surface area contributed by atoms with E-state index >= 15 is 0 Å². The molecule has 4 nitrogen and oxygen atoms in total. The normalized spacial score (nSPS) is 9.69. The molecule has 0 spiro atoms. The Morgan fingerprint density at radius 1 is 1.56 bits per heavy atom. The maximum Gasteiger partial charge on any atom is 0.295 e. The summed E-state index contributed by atoms with van der Waals surface area (Å²) in [6, 6.07) is 3.47. The number of nitro benzene ring substituents is 1. The molecule has 1 aromatic carbocycles. The minimum atomic E-state index is -0.612. The lowest BCUT2D eigenvalue weighted by Gasteiger charge is -2.04. The number of hydrogen-bond acceptors (Lipinski definition) is 3. The molecule has 0 bridgehead atoms. The number of nitrogens with one attached hydrogen (secondary N) is 1. The first kappa shape index (κ1) is 12.2. The zero-order chi connectivity index (χ0) is 12.1. The maximum atomic E-state index is 12.8. The van der Waals surface area contributed by atoms with Crippen molar-refractivity contribution in [1.29, 1.82) is 0 Å². The molecule has 5 heteroatoms. The third kappa shape index (κ3) is 3.34. The average molecular weight is 224 g/mol. The molecule has 0 saturated carbocycles. The fraction of sp³-hybridized carbons (Fsp3) is 0.273. The Bertz CT molecular complexity index is 426. The lowest BCUT2D eigenvalue weighted by molar-refractivity contribution is -0.384. The molecule has 0 aliphatic heterocycles. The first-order valence-electron chi connectivity index (χ1n) is 4.82. The Hall–Kier alpha value is -1.91. The average Bonchev–Trinajstić information content (AvgIpc) is 2.19. The molecule has 1 rings (SSSR count). The van der Waals surface area contributed by atoms with Crippen LogP contribution in [0.4, 0.5) is 15.8 Å². The van der Waals surface area contributed by atoms with Gasteiger partial charge in [-0.05, 0) is 26.0 Å². The third-order valence-electron chi connectivity index (χ3n) is 1.96. The molecule has 16 heavy (non-hydrogen) atoms. The van der Waals surface area contributed by atoms with E-state index < -0.39 is 10.7 Å². The van der Waals surface area contributed by atoms with Gasteiger partial charge in [-0.3, -0.25) is 10.1 Å². The summed E-state index contributed by atoms with van der Waals surface area (Å²) in [4.78, 5) is 10.1. The summed E-state index contributed by atoms with van der Waals surface area (Å²) in [5.74, 6) is -0.612. The van der Waals surface area contributed by atoms with Crippen LogP contribution in [0.1, 0.15) is 13.8 Å². The van der Waals surface area contributed by atoms with E-state index in [4.69, 9.17) is 0 Å². The predicted molar refractivity (Wildman–Crippen MR) is 61.0 cm³/mol. The molecule has 0 aliphatic carbocycles. The van der Waals surface area contributed by atoms with Crippen LogP contribution >= 0.6 is 0 Å². The van der Waals surface area contributed by atoms with Crippen LogP contribution < -0.4 is 5.32 Å². The van der Waals surface area contributed by atoms with E-state index in [1.165, 1.54) is 12.1 Å². The van der Waals surface area contributed by atoms with Crippen LogP contribution in [0.5, 0.6) is 0 Å². The maximum absolute atomic E-state index is 12.8. The van der Waals surface area contributed by atoms with Gasteiger partial charge in [-0.25, -0.2) is 4.39 Å². The van der Waals surface area contributed by atoms with Crippen molar-refractivity contribution in [3.63, 3.8) is 0 Å². The van der Waals surface area contributed by atoms with Crippen molar-refractivity contribution in [2.24, 2.45) is 0 Å². The van der Waals surface area contributed by atoms with Crippen molar-refractivity contribution >= 4 is 11.4 Å². The number of allylic oxidation sites excluding steroid dienone is 1. The molecule has 0 aliphatic rings. The molecular weight excluding hydrogens is 211 g/mol. The summed E-state index contributed by atoms with van der Waals surface area (Å²) in [6.07, 6.45) is 1.90. The molecule has 0 unspecified atom stereocenters. The highest BCUT2D eigenvalue weighted by atomic mass is 19.1. The number of hydrogen-bond donors (Lipinski definition) is 1. The van der Waals surface area contributed by atoms with Gasteiger partial charge >= 0.3 is 0 Å². The monoisotopic (exact) mass is 224 g/mol. The second kappa shape index (κ2) is 5.25. The Labute approximate surface area is 92.9 Å². The highest BCUT2D eigenvalue weighted by Crippen LogP contribution is 2.24. The zero-order valence-electron chi connectivity index (χ0n) is 9.16. The van der Waals surface area contributed by atoms with Crippen molar-refractivity contribution in [1.82, 2.24) is 0 Å². The van der Waals surface area contributed by atoms with Crippen molar-refractivity contribution in [2.45, 2.75) is 13.8 Å². The van der Waals surface area contributed by atoms with Gasteiger partial charge in [0, 0.05) is 6.54 Å². The van der Waals surface area contributed by atoms with Crippen molar-refractivity contribution in [3.05, 3.63) is 45.8 Å². The summed E-state index contributed by atoms with van der Waals surface area (Å²) in [7, 11) is 0. The van der Waals surface area contributed by atoms with Crippen LogP contribution in [-0.4, -0.2) is 11.5 Å². The van der Waals surface area contributed by atoms with E-state index in [0.29, 0.717) is 12.2 Å². The molecule has 0 saturated heterocycles. The summed E-state index contributed by atoms with van der Waals surface area (Å²) in [5.41, 5.74) is 1.18. The third-order valence-corrected chi connectivity index (χ3v) is 1.96. The first-order chi connectivity index (χ1) is 7.50. The molecule has 1 aromatic rings. The van der Waals surface area contributed by atoms with Gasteiger partial charge in [0.05, 0.1) is 11.0 Å². The van der Waals surface area contributed by atoms with Crippen molar-refractivity contribution in [2.75, 3.05) is 11.9 Å². The van der Waals surface area contributed by atoms with Crippen LogP contribution in [0.25, 0.3) is 0 Å². The van der Waals surface area contributed by atoms with E-state index in [2.05, 4.69) is 5.32 Å². The SMILES string of the molecule is CC(C)=CCNc1ccc(F)cc1[N+](=O)[O-]. The second-order valence-electron chi connectivity index (χ2n) is 3.58. The van der Waals surface area contributed by atoms with Gasteiger partial charge in [0.25, 0.3) is 5.69 Å². The second-order valence-corrected chi connectivity index (χ2v) is 3.58. The van der Waals surface area contributed by atoms with Crippen molar-refractivity contribution in [3.8, 4) is 0 Å². The van der Waals surface area contributed by atoms with Crippen LogP contribution in [0.3, 0.4) is 0 Å². The number of halogens is 1. The molecule has 0 amide bonds. The van der Waals surface area contributed by atoms with Crippen LogP contribution in [0.2, 0.25) is 0 Å². The van der Waals surface area contributed by atoms with Crippen LogP contribution in [-0.2, 0) is 0 Å². The molecule has 0 atom stereocenters. The fourth-order valence-corrected chi connectivity index (χ4v) is 1.17. The molecule has 0 aromatic heterocycles. The molecule has 1 N–H and O–H groups in total. The summed E-state index contributed by atoms with van der Waals surface area (Å²) >= 11 is 0. The number of rotatable bonds is 4. The highest BCUT2D eigenvalue weighted by Gasteiger charge is 2.13. The number of nitro groups is 1. The smallest absolute Gasteiger partial charge is 0.295 e. The molecule has 0 radical (unpaired) electrons. The van der Waals surface area contributed by atoms with Gasteiger partial charge < -0.3 is 5.32 Å². The Kier molecular flexibility index (Phi) is 3.99. The van der Waals surface area contributed by atoms with Gasteiger partial charge in [-0.1, -0.05) is 11.6 Å². The van der Waals surface area contributed by atoms with Crippen LogP contribution in [0, 0.1) is 15.9 Å². The van der Waals surface area contributed by atoms with E-state index in [0.717, 1.165) is 11.6 Å². The number of benzene rings is 1. The minimum absolute atomic E-state index is 0.248. The van der Waals surface area contributed by atoms with Gasteiger partial charge in [0.15, 0.2) is 0 Å². The first-order valence-corrected chi connectivity index (χ1v) is 4.82. The van der Waals surface area contributed by atoms with E-state index in [1.807, 2.05) is 19.9 Å². The van der Waals surface area contributed by atoms with E-state index in [9.17, 15) is 14.5 Å². The molecule has 0 fully saturated rings. The van der Waals surface area contributed by atoms with Crippen LogP contribution in [0.15, 0.2) is 29.8 Å². The quantitative estimate of drug-likeness (QED) is 0.485.